The van der Waals surface area contributed by atoms with E-state index in [9.17, 15) is 14.4 Å². The van der Waals surface area contributed by atoms with Crippen LogP contribution in [0.5, 0.6) is 0 Å². The van der Waals surface area contributed by atoms with Crippen LogP contribution in [-0.2, 0) is 19.1 Å². The fraction of sp³-hybridized carbons (Fsp3) is 0.786. The molecule has 0 aliphatic heterocycles. The van der Waals surface area contributed by atoms with E-state index in [1.54, 1.807) is 0 Å². The first-order valence-corrected chi connectivity index (χ1v) is 6.63. The molecule has 102 valence electrons. The molecule has 3 atom stereocenters. The van der Waals surface area contributed by atoms with Gasteiger partial charge in [0.1, 0.15) is 17.5 Å². The van der Waals surface area contributed by atoms with Gasteiger partial charge in [-0.1, -0.05) is 19.8 Å². The summed E-state index contributed by atoms with van der Waals surface area (Å²) in [5, 5.41) is 0. The standard InChI is InChI=1S/C14H22O4/c1-4-5-6-10-11(7-8-12(10)16)13(9(2)15)14(17)18-3/h10-11,13H,4-8H2,1-3H3. The van der Waals surface area contributed by atoms with Gasteiger partial charge in [0.2, 0.25) is 0 Å². The highest BCUT2D eigenvalue weighted by Crippen LogP contribution is 2.38. The molecule has 0 aromatic carbocycles. The summed E-state index contributed by atoms with van der Waals surface area (Å²) in [5.41, 5.74) is 0. The molecule has 4 heteroatoms. The Balaban J connectivity index is 2.85. The Labute approximate surface area is 108 Å². The second kappa shape index (κ2) is 6.66. The van der Waals surface area contributed by atoms with Crippen LogP contribution in [0.3, 0.4) is 0 Å². The van der Waals surface area contributed by atoms with Crippen LogP contribution in [0.25, 0.3) is 0 Å². The largest absolute Gasteiger partial charge is 0.468 e. The minimum absolute atomic E-state index is 0.141. The first-order chi connectivity index (χ1) is 8.52. The molecule has 0 aromatic rings. The molecule has 0 radical (unpaired) electrons. The molecule has 1 aliphatic carbocycles. The van der Waals surface area contributed by atoms with Crippen molar-refractivity contribution in [3.8, 4) is 0 Å². The van der Waals surface area contributed by atoms with E-state index in [1.807, 2.05) is 0 Å². The highest BCUT2D eigenvalue weighted by molar-refractivity contribution is 5.99. The Kier molecular flexibility index (Phi) is 5.51. The van der Waals surface area contributed by atoms with E-state index < -0.39 is 11.9 Å². The average Bonchev–Trinajstić information content (AvgIpc) is 2.68. The molecular weight excluding hydrogens is 232 g/mol. The molecule has 1 saturated carbocycles. The Morgan fingerprint density at radius 3 is 2.61 bits per heavy atom. The lowest BCUT2D eigenvalue weighted by Gasteiger charge is -2.24. The number of ketones is 2. The van der Waals surface area contributed by atoms with Crippen molar-refractivity contribution in [2.24, 2.45) is 17.8 Å². The van der Waals surface area contributed by atoms with Crippen molar-refractivity contribution >= 4 is 17.5 Å². The number of Topliss-reactive ketones (excluding diaryl/α,β-unsaturated/α-hetero) is 2. The third kappa shape index (κ3) is 3.18. The van der Waals surface area contributed by atoms with Crippen LogP contribution in [0.2, 0.25) is 0 Å². The quantitative estimate of drug-likeness (QED) is 0.538. The van der Waals surface area contributed by atoms with Crippen molar-refractivity contribution in [3.63, 3.8) is 0 Å². The van der Waals surface area contributed by atoms with Crippen molar-refractivity contribution < 1.29 is 19.1 Å². The van der Waals surface area contributed by atoms with Gasteiger partial charge in [-0.2, -0.15) is 0 Å². The van der Waals surface area contributed by atoms with E-state index in [4.69, 9.17) is 4.74 Å². The average molecular weight is 254 g/mol. The van der Waals surface area contributed by atoms with Gasteiger partial charge in [0.15, 0.2) is 0 Å². The Morgan fingerprint density at radius 1 is 1.44 bits per heavy atom. The van der Waals surface area contributed by atoms with Crippen molar-refractivity contribution in [3.05, 3.63) is 0 Å². The predicted octanol–water partition coefficient (Wildman–Crippen LogP) is 2.15. The number of rotatable bonds is 6. The van der Waals surface area contributed by atoms with E-state index in [0.717, 1.165) is 19.3 Å². The van der Waals surface area contributed by atoms with Crippen LogP contribution < -0.4 is 0 Å². The van der Waals surface area contributed by atoms with E-state index in [2.05, 4.69) is 6.92 Å². The number of carbonyl (C=O) groups excluding carboxylic acids is 3. The molecule has 0 bridgehead atoms. The zero-order valence-corrected chi connectivity index (χ0v) is 11.4. The molecule has 0 spiro atoms. The first-order valence-electron chi connectivity index (χ1n) is 6.63. The monoisotopic (exact) mass is 254 g/mol. The number of unbranched alkanes of at least 4 members (excludes halogenated alkanes) is 1. The molecule has 1 aliphatic rings. The van der Waals surface area contributed by atoms with E-state index in [0.29, 0.717) is 12.8 Å². The summed E-state index contributed by atoms with van der Waals surface area (Å²) < 4.78 is 4.70. The smallest absolute Gasteiger partial charge is 0.316 e. The topological polar surface area (TPSA) is 60.4 Å². The van der Waals surface area contributed by atoms with E-state index >= 15 is 0 Å². The van der Waals surface area contributed by atoms with Gasteiger partial charge in [0.25, 0.3) is 0 Å². The third-order valence-corrected chi connectivity index (χ3v) is 3.84. The highest BCUT2D eigenvalue weighted by atomic mass is 16.5. The zero-order valence-electron chi connectivity index (χ0n) is 11.4. The maximum atomic E-state index is 11.9. The maximum absolute atomic E-state index is 11.9. The summed E-state index contributed by atoms with van der Waals surface area (Å²) >= 11 is 0. The molecule has 0 amide bonds. The molecule has 1 rings (SSSR count). The predicted molar refractivity (Wildman–Crippen MR) is 66.9 cm³/mol. The van der Waals surface area contributed by atoms with Gasteiger partial charge in [-0.15, -0.1) is 0 Å². The number of carbonyl (C=O) groups is 3. The molecule has 0 aromatic heterocycles. The van der Waals surface area contributed by atoms with Gasteiger partial charge in [-0.05, 0) is 25.7 Å². The van der Waals surface area contributed by atoms with Crippen LogP contribution in [-0.4, -0.2) is 24.6 Å². The summed E-state index contributed by atoms with van der Waals surface area (Å²) in [6.45, 7) is 3.47. The van der Waals surface area contributed by atoms with Crippen LogP contribution >= 0.6 is 0 Å². The van der Waals surface area contributed by atoms with Gasteiger partial charge in [0.05, 0.1) is 7.11 Å². The number of esters is 1. The number of hydrogen-bond acceptors (Lipinski definition) is 4. The van der Waals surface area contributed by atoms with Gasteiger partial charge >= 0.3 is 5.97 Å². The molecule has 0 saturated heterocycles. The molecule has 0 heterocycles. The van der Waals surface area contributed by atoms with Crippen molar-refractivity contribution in [2.75, 3.05) is 7.11 Å². The first kappa shape index (κ1) is 14.9. The lowest BCUT2D eigenvalue weighted by molar-refractivity contribution is -0.152. The summed E-state index contributed by atoms with van der Waals surface area (Å²) in [6, 6.07) is 0. The lowest BCUT2D eigenvalue weighted by Crippen LogP contribution is -2.34. The second-order valence-electron chi connectivity index (χ2n) is 5.03. The maximum Gasteiger partial charge on any atom is 0.316 e. The summed E-state index contributed by atoms with van der Waals surface area (Å²) in [7, 11) is 1.29. The fourth-order valence-corrected chi connectivity index (χ4v) is 2.90. The molecule has 0 N–H and O–H groups in total. The SMILES string of the molecule is CCCCC1C(=O)CCC1C(C(C)=O)C(=O)OC. The van der Waals surface area contributed by atoms with Crippen molar-refractivity contribution in [1.29, 1.82) is 0 Å². The number of ether oxygens (including phenoxy) is 1. The van der Waals surface area contributed by atoms with E-state index in [-0.39, 0.29) is 23.4 Å². The van der Waals surface area contributed by atoms with Crippen molar-refractivity contribution in [1.82, 2.24) is 0 Å². The molecule has 1 fully saturated rings. The minimum atomic E-state index is -0.761. The minimum Gasteiger partial charge on any atom is -0.468 e. The lowest BCUT2D eigenvalue weighted by atomic mass is 9.79. The van der Waals surface area contributed by atoms with Crippen molar-refractivity contribution in [2.45, 2.75) is 46.0 Å². The van der Waals surface area contributed by atoms with Gasteiger partial charge in [0, 0.05) is 12.3 Å². The fourth-order valence-electron chi connectivity index (χ4n) is 2.90. The van der Waals surface area contributed by atoms with Gasteiger partial charge in [-0.3, -0.25) is 14.4 Å². The molecule has 3 unspecified atom stereocenters. The summed E-state index contributed by atoms with van der Waals surface area (Å²) in [5.74, 6) is -1.55. The van der Waals surface area contributed by atoms with Crippen LogP contribution in [0, 0.1) is 17.8 Å². The van der Waals surface area contributed by atoms with E-state index in [1.165, 1.54) is 14.0 Å². The normalized spacial score (nSPS) is 24.9. The van der Waals surface area contributed by atoms with Crippen LogP contribution in [0.4, 0.5) is 0 Å². The molecule has 4 nitrogen and oxygen atoms in total. The van der Waals surface area contributed by atoms with Gasteiger partial charge < -0.3 is 4.74 Å². The number of methoxy groups -OCH3 is 1. The van der Waals surface area contributed by atoms with Gasteiger partial charge in [-0.25, -0.2) is 0 Å². The van der Waals surface area contributed by atoms with Crippen LogP contribution in [0.1, 0.15) is 46.0 Å². The molecular formula is C14H22O4. The Hall–Kier alpha value is -1.19. The molecule has 18 heavy (non-hydrogen) atoms. The summed E-state index contributed by atoms with van der Waals surface area (Å²) in [4.78, 5) is 35.2. The highest BCUT2D eigenvalue weighted by Gasteiger charge is 2.44. The summed E-state index contributed by atoms with van der Waals surface area (Å²) in [6.07, 6.45) is 3.87. The zero-order chi connectivity index (χ0) is 13.7. The second-order valence-corrected chi connectivity index (χ2v) is 5.03. The Bertz CT molecular complexity index is 335. The Morgan fingerprint density at radius 2 is 2.11 bits per heavy atom. The number of hydrogen-bond donors (Lipinski definition) is 0. The van der Waals surface area contributed by atoms with Crippen LogP contribution in [0.15, 0.2) is 0 Å². The third-order valence-electron chi connectivity index (χ3n) is 3.84.